The fraction of sp³-hybridized carbons (Fsp3) is 0.600. The van der Waals surface area contributed by atoms with Crippen LogP contribution >= 0.6 is 0 Å². The number of hydrogen-bond acceptors (Lipinski definition) is 6. The van der Waals surface area contributed by atoms with E-state index in [1.54, 1.807) is 7.05 Å². The number of rotatable bonds is 6. The van der Waals surface area contributed by atoms with E-state index in [1.807, 2.05) is 24.3 Å². The Morgan fingerprint density at radius 3 is 2.27 bits per heavy atom. The molecule has 2 heterocycles. The number of hydrogen-bond donors (Lipinski definition) is 1. The zero-order valence-corrected chi connectivity index (χ0v) is 18.4. The highest BCUT2D eigenvalue weighted by Gasteiger charge is 2.30. The average molecular weight is 439 g/mol. The van der Waals surface area contributed by atoms with Crippen molar-refractivity contribution in [1.29, 1.82) is 0 Å². The van der Waals surface area contributed by atoms with Gasteiger partial charge in [0.05, 0.1) is 26.0 Å². The van der Waals surface area contributed by atoms with Crippen LogP contribution in [0.15, 0.2) is 24.3 Å². The van der Waals surface area contributed by atoms with Crippen LogP contribution in [-0.4, -0.2) is 88.7 Å². The number of benzene rings is 1. The van der Waals surface area contributed by atoms with E-state index in [-0.39, 0.29) is 24.3 Å². The van der Waals surface area contributed by atoms with Crippen molar-refractivity contribution in [3.63, 3.8) is 0 Å². The summed E-state index contributed by atoms with van der Waals surface area (Å²) >= 11 is 0. The maximum absolute atomic E-state index is 12.6. The second-order valence-electron chi connectivity index (χ2n) is 7.83. The normalized spacial score (nSPS) is 18.8. The number of sulfonamides is 1. The van der Waals surface area contributed by atoms with Gasteiger partial charge in [-0.3, -0.25) is 9.59 Å². The number of piperidine rings is 1. The summed E-state index contributed by atoms with van der Waals surface area (Å²) in [6.07, 6.45) is 2.13. The Morgan fingerprint density at radius 1 is 1.10 bits per heavy atom. The first-order valence-corrected chi connectivity index (χ1v) is 12.0. The molecule has 0 atom stereocenters. The number of likely N-dealkylation sites (N-methyl/N-ethyl adjacent to an activating group) is 1. The molecule has 3 rings (SSSR count). The van der Waals surface area contributed by atoms with Crippen molar-refractivity contribution in [1.82, 2.24) is 9.21 Å². The lowest BCUT2D eigenvalue weighted by molar-refractivity contribution is -0.138. The Hall–Kier alpha value is -2.17. The van der Waals surface area contributed by atoms with E-state index in [0.29, 0.717) is 44.8 Å². The number of ether oxygens (including phenoxy) is 1. The predicted octanol–water partition coefficient (Wildman–Crippen LogP) is 0.592. The molecule has 9 nitrogen and oxygen atoms in total. The number of nitrogens with zero attached hydrogens (tertiary/aromatic N) is 3. The molecule has 30 heavy (non-hydrogen) atoms. The van der Waals surface area contributed by atoms with Gasteiger partial charge in [0.2, 0.25) is 21.8 Å². The second-order valence-corrected chi connectivity index (χ2v) is 9.81. The van der Waals surface area contributed by atoms with Gasteiger partial charge in [0.15, 0.2) is 0 Å². The van der Waals surface area contributed by atoms with Crippen molar-refractivity contribution < 1.29 is 22.7 Å². The third-order valence-electron chi connectivity index (χ3n) is 5.56. The quantitative estimate of drug-likeness (QED) is 0.698. The molecular formula is C20H30N4O5S. The number of nitrogens with one attached hydrogen (secondary N) is 1. The topological polar surface area (TPSA) is 99.3 Å². The van der Waals surface area contributed by atoms with Gasteiger partial charge in [-0.25, -0.2) is 12.7 Å². The molecule has 0 unspecified atom stereocenters. The molecule has 0 radical (unpaired) electrons. The maximum atomic E-state index is 12.6. The van der Waals surface area contributed by atoms with Gasteiger partial charge in [-0.05, 0) is 37.1 Å². The van der Waals surface area contributed by atoms with Gasteiger partial charge in [-0.1, -0.05) is 0 Å². The minimum atomic E-state index is -3.22. The van der Waals surface area contributed by atoms with Gasteiger partial charge < -0.3 is 19.9 Å². The Bertz CT molecular complexity index is 844. The highest BCUT2D eigenvalue weighted by molar-refractivity contribution is 7.88. The van der Waals surface area contributed by atoms with Gasteiger partial charge in [0.1, 0.15) is 0 Å². The first kappa shape index (κ1) is 22.5. The smallest absolute Gasteiger partial charge is 0.243 e. The van der Waals surface area contributed by atoms with Gasteiger partial charge in [0.25, 0.3) is 0 Å². The standard InChI is InChI=1S/C20H30N4O5S/c1-22(20(26)16-7-9-24(10-8-16)30(2,27)28)15-19(25)21-17-3-5-18(6-4-17)23-11-13-29-14-12-23/h3-6,16H,7-15H2,1-2H3,(H,21,25). The zero-order valence-electron chi connectivity index (χ0n) is 17.5. The van der Waals surface area contributed by atoms with Crippen molar-refractivity contribution in [2.24, 2.45) is 5.92 Å². The molecule has 1 N–H and O–H groups in total. The van der Waals surface area contributed by atoms with Crippen LogP contribution in [0.2, 0.25) is 0 Å². The van der Waals surface area contributed by atoms with Crippen LogP contribution in [0.3, 0.4) is 0 Å². The Labute approximate surface area is 178 Å². The third kappa shape index (κ3) is 5.93. The largest absolute Gasteiger partial charge is 0.378 e. The van der Waals surface area contributed by atoms with E-state index < -0.39 is 10.0 Å². The van der Waals surface area contributed by atoms with Crippen LogP contribution in [0.4, 0.5) is 11.4 Å². The summed E-state index contributed by atoms with van der Waals surface area (Å²) in [6.45, 7) is 3.76. The zero-order chi connectivity index (χ0) is 21.7. The number of carbonyl (C=O) groups is 2. The lowest BCUT2D eigenvalue weighted by atomic mass is 9.96. The molecular weight excluding hydrogens is 408 g/mol. The molecule has 0 bridgehead atoms. The summed E-state index contributed by atoms with van der Waals surface area (Å²) in [7, 11) is -1.62. The van der Waals surface area contributed by atoms with Gasteiger partial charge in [0, 0.05) is 50.5 Å². The van der Waals surface area contributed by atoms with E-state index in [9.17, 15) is 18.0 Å². The maximum Gasteiger partial charge on any atom is 0.243 e. The molecule has 0 spiro atoms. The molecule has 2 amide bonds. The minimum Gasteiger partial charge on any atom is -0.378 e. The van der Waals surface area contributed by atoms with Crippen LogP contribution in [0.1, 0.15) is 12.8 Å². The molecule has 0 aliphatic carbocycles. The Morgan fingerprint density at radius 2 is 1.70 bits per heavy atom. The van der Waals surface area contributed by atoms with Crippen LogP contribution in [-0.2, 0) is 24.3 Å². The summed E-state index contributed by atoms with van der Waals surface area (Å²) in [4.78, 5) is 28.6. The second kappa shape index (κ2) is 9.76. The fourth-order valence-electron chi connectivity index (χ4n) is 3.82. The van der Waals surface area contributed by atoms with Gasteiger partial charge in [-0.2, -0.15) is 0 Å². The van der Waals surface area contributed by atoms with Crippen molar-refractivity contribution in [3.8, 4) is 0 Å². The number of anilines is 2. The minimum absolute atomic E-state index is 0.0453. The van der Waals surface area contributed by atoms with E-state index in [4.69, 9.17) is 4.74 Å². The highest BCUT2D eigenvalue weighted by atomic mass is 32.2. The molecule has 0 saturated carbocycles. The summed E-state index contributed by atoms with van der Waals surface area (Å²) in [5.41, 5.74) is 1.77. The molecule has 1 aromatic carbocycles. The highest BCUT2D eigenvalue weighted by Crippen LogP contribution is 2.21. The van der Waals surface area contributed by atoms with Crippen LogP contribution in [0, 0.1) is 5.92 Å². The van der Waals surface area contributed by atoms with Crippen LogP contribution in [0.5, 0.6) is 0 Å². The van der Waals surface area contributed by atoms with Crippen molar-refractivity contribution >= 4 is 33.2 Å². The molecule has 10 heteroatoms. The van der Waals surface area contributed by atoms with Crippen LogP contribution in [0.25, 0.3) is 0 Å². The van der Waals surface area contributed by atoms with Crippen molar-refractivity contribution in [3.05, 3.63) is 24.3 Å². The van der Waals surface area contributed by atoms with E-state index in [1.165, 1.54) is 15.5 Å². The average Bonchev–Trinajstić information content (AvgIpc) is 2.73. The lowest BCUT2D eigenvalue weighted by Gasteiger charge is -2.31. The molecule has 2 aliphatic heterocycles. The summed E-state index contributed by atoms with van der Waals surface area (Å²) < 4.78 is 29.9. The first-order valence-electron chi connectivity index (χ1n) is 10.2. The number of morpholine rings is 1. The predicted molar refractivity (Wildman–Crippen MR) is 115 cm³/mol. The first-order chi connectivity index (χ1) is 14.2. The summed E-state index contributed by atoms with van der Waals surface area (Å²) in [5.74, 6) is -0.645. The Kier molecular flexibility index (Phi) is 7.32. The van der Waals surface area contributed by atoms with E-state index in [0.717, 1.165) is 18.8 Å². The SMILES string of the molecule is CN(CC(=O)Nc1ccc(N2CCOCC2)cc1)C(=O)C1CCN(S(C)(=O)=O)CC1. The number of carbonyl (C=O) groups excluding carboxylic acids is 2. The van der Waals surface area contributed by atoms with Gasteiger partial charge in [-0.15, -0.1) is 0 Å². The lowest BCUT2D eigenvalue weighted by Crippen LogP contribution is -2.44. The number of amides is 2. The summed E-state index contributed by atoms with van der Waals surface area (Å²) in [5, 5.41) is 2.82. The molecule has 166 valence electrons. The van der Waals surface area contributed by atoms with Gasteiger partial charge >= 0.3 is 0 Å². The monoisotopic (exact) mass is 438 g/mol. The third-order valence-corrected chi connectivity index (χ3v) is 6.86. The van der Waals surface area contributed by atoms with Crippen LogP contribution < -0.4 is 10.2 Å². The molecule has 2 saturated heterocycles. The Balaban J connectivity index is 1.46. The fourth-order valence-corrected chi connectivity index (χ4v) is 4.69. The molecule has 2 fully saturated rings. The van der Waals surface area contributed by atoms with Crippen molar-refractivity contribution in [2.45, 2.75) is 12.8 Å². The molecule has 1 aromatic rings. The van der Waals surface area contributed by atoms with E-state index >= 15 is 0 Å². The summed E-state index contributed by atoms with van der Waals surface area (Å²) in [6, 6.07) is 7.63. The van der Waals surface area contributed by atoms with E-state index in [2.05, 4.69) is 10.2 Å². The molecule has 0 aromatic heterocycles. The molecule has 2 aliphatic rings. The van der Waals surface area contributed by atoms with Crippen molar-refractivity contribution in [2.75, 3.05) is 69.5 Å².